The van der Waals surface area contributed by atoms with Crippen LogP contribution < -0.4 is 0 Å². The molecule has 1 saturated heterocycles. The van der Waals surface area contributed by atoms with Gasteiger partial charge in [0.1, 0.15) is 6.33 Å². The minimum absolute atomic E-state index is 0.410. The Morgan fingerprint density at radius 2 is 1.92 bits per heavy atom. The van der Waals surface area contributed by atoms with Crippen molar-refractivity contribution in [1.29, 1.82) is 0 Å². The minimum Gasteiger partial charge on any atom is -0.373 e. The molecule has 0 radical (unpaired) electrons. The summed E-state index contributed by atoms with van der Waals surface area (Å²) in [5.41, 5.74) is 6.81. The van der Waals surface area contributed by atoms with Gasteiger partial charge in [-0.05, 0) is 67.8 Å². The zero-order chi connectivity index (χ0) is 25.5. The van der Waals surface area contributed by atoms with Gasteiger partial charge in [0, 0.05) is 55.3 Å². The number of allylic oxidation sites excluding steroid dienone is 1. The number of halogens is 1. The van der Waals surface area contributed by atoms with Crippen molar-refractivity contribution < 1.29 is 0 Å². The van der Waals surface area contributed by atoms with Crippen LogP contribution in [0, 0.1) is 0 Å². The van der Waals surface area contributed by atoms with Gasteiger partial charge >= 0.3 is 0 Å². The second kappa shape index (κ2) is 12.5. The van der Waals surface area contributed by atoms with Crippen LogP contribution in [0.2, 0.25) is 5.02 Å². The van der Waals surface area contributed by atoms with Gasteiger partial charge in [-0.25, -0.2) is 9.97 Å². The summed E-state index contributed by atoms with van der Waals surface area (Å²) in [5.74, 6) is 0.410. The number of pyridine rings is 1. The zero-order valence-corrected chi connectivity index (χ0v) is 22.5. The van der Waals surface area contributed by atoms with Crippen LogP contribution in [0.25, 0.3) is 17.0 Å². The van der Waals surface area contributed by atoms with Gasteiger partial charge in [-0.2, -0.15) is 0 Å². The second-order valence-electron chi connectivity index (χ2n) is 9.90. The summed E-state index contributed by atoms with van der Waals surface area (Å²) >= 11 is 6.66. The molecule has 0 N–H and O–H groups in total. The second-order valence-corrected chi connectivity index (χ2v) is 10.3. The number of nitrogens with zero attached hydrogens (tertiary/aromatic N) is 5. The summed E-state index contributed by atoms with van der Waals surface area (Å²) in [6.07, 6.45) is 13.8. The lowest BCUT2D eigenvalue weighted by atomic mass is 9.83. The third-order valence-corrected chi connectivity index (χ3v) is 7.80. The van der Waals surface area contributed by atoms with Crippen LogP contribution in [0.5, 0.6) is 0 Å². The molecule has 36 heavy (non-hydrogen) atoms. The molecular formula is C30H38ClN5. The highest BCUT2D eigenvalue weighted by molar-refractivity contribution is 6.36. The van der Waals surface area contributed by atoms with Crippen molar-refractivity contribution in [3.05, 3.63) is 83.2 Å². The summed E-state index contributed by atoms with van der Waals surface area (Å²) in [7, 11) is 2.19. The van der Waals surface area contributed by atoms with Gasteiger partial charge in [0.25, 0.3) is 0 Å². The third kappa shape index (κ3) is 6.32. The molecule has 5 rings (SSSR count). The molecule has 190 valence electrons. The molecule has 6 heteroatoms. The van der Waals surface area contributed by atoms with Crippen molar-refractivity contribution >= 4 is 28.6 Å². The van der Waals surface area contributed by atoms with Crippen molar-refractivity contribution in [2.75, 3.05) is 33.2 Å². The molecule has 0 spiro atoms. The Balaban J connectivity index is 0.000000200. The van der Waals surface area contributed by atoms with E-state index in [0.29, 0.717) is 5.92 Å². The summed E-state index contributed by atoms with van der Waals surface area (Å²) in [4.78, 5) is 18.0. The molecule has 3 heterocycles. The molecule has 2 aromatic heterocycles. The van der Waals surface area contributed by atoms with Crippen molar-refractivity contribution in [2.45, 2.75) is 51.4 Å². The normalized spacial score (nSPS) is 17.8. The van der Waals surface area contributed by atoms with Crippen LogP contribution in [0.3, 0.4) is 0 Å². The molecule has 0 saturated carbocycles. The average Bonchev–Trinajstić information content (AvgIpc) is 2.92. The maximum absolute atomic E-state index is 6.66. The summed E-state index contributed by atoms with van der Waals surface area (Å²) in [6.45, 7) is 14.9. The van der Waals surface area contributed by atoms with Crippen molar-refractivity contribution in [1.82, 2.24) is 24.8 Å². The molecule has 1 aliphatic carbocycles. The Bertz CT molecular complexity index is 1180. The number of hydrogen-bond acceptors (Lipinski definition) is 5. The maximum Gasteiger partial charge on any atom is 0.115 e. The van der Waals surface area contributed by atoms with E-state index < -0.39 is 0 Å². The number of likely N-dealkylation sites (N-methyl/N-ethyl adjacent to an activating group) is 1. The van der Waals surface area contributed by atoms with Crippen molar-refractivity contribution in [3.63, 3.8) is 0 Å². The zero-order valence-electron chi connectivity index (χ0n) is 21.7. The molecule has 1 aliphatic heterocycles. The first kappa shape index (κ1) is 26.3. The van der Waals surface area contributed by atoms with E-state index in [2.05, 4.69) is 46.9 Å². The number of rotatable bonds is 6. The number of hydrogen-bond donors (Lipinski definition) is 0. The van der Waals surface area contributed by atoms with Crippen molar-refractivity contribution in [3.8, 4) is 0 Å². The van der Waals surface area contributed by atoms with Gasteiger partial charge in [-0.15, -0.1) is 0 Å². The van der Waals surface area contributed by atoms with Crippen molar-refractivity contribution in [2.24, 2.45) is 0 Å². The molecule has 0 amide bonds. The molecule has 1 atom stereocenters. The van der Waals surface area contributed by atoms with E-state index in [1.54, 1.807) is 6.33 Å². The molecule has 2 aliphatic rings. The first-order chi connectivity index (χ1) is 17.5. The number of aromatic nitrogens is 3. The highest BCUT2D eigenvalue weighted by Crippen LogP contribution is 2.37. The van der Waals surface area contributed by atoms with Crippen LogP contribution in [0.4, 0.5) is 0 Å². The third-order valence-electron chi connectivity index (χ3n) is 7.37. The van der Waals surface area contributed by atoms with E-state index in [-0.39, 0.29) is 0 Å². The topological polar surface area (TPSA) is 45.2 Å². The fourth-order valence-electron chi connectivity index (χ4n) is 5.00. The van der Waals surface area contributed by atoms with Gasteiger partial charge < -0.3 is 9.80 Å². The molecule has 1 aromatic carbocycles. The standard InChI is InChI=1S/C19H16ClN3.C11H22N2/c1-2-12-3-5-15-17(7-12)23-18-8-13(4-6-16(18)19(15)20)14-9-21-11-22-10-14;1-4-5-6-11(2)13-9-7-12(3)8-10-13/h2-3,5,7,9-11,13H,1,4,6,8H2;2,4-10H2,1,3H3. The highest BCUT2D eigenvalue weighted by atomic mass is 35.5. The summed E-state index contributed by atoms with van der Waals surface area (Å²) < 4.78 is 0. The maximum atomic E-state index is 6.66. The number of fused-ring (bicyclic) bond motifs is 2. The van der Waals surface area contributed by atoms with Gasteiger partial charge in [0.2, 0.25) is 0 Å². The van der Waals surface area contributed by atoms with Crippen LogP contribution in [-0.4, -0.2) is 58.0 Å². The summed E-state index contributed by atoms with van der Waals surface area (Å²) in [5, 5.41) is 1.88. The highest BCUT2D eigenvalue weighted by Gasteiger charge is 2.25. The van der Waals surface area contributed by atoms with E-state index in [4.69, 9.17) is 16.6 Å². The predicted molar refractivity (Wildman–Crippen MR) is 151 cm³/mol. The smallest absolute Gasteiger partial charge is 0.115 e. The fourth-order valence-corrected chi connectivity index (χ4v) is 5.36. The predicted octanol–water partition coefficient (Wildman–Crippen LogP) is 6.53. The molecule has 1 fully saturated rings. The minimum atomic E-state index is 0.410. The van der Waals surface area contributed by atoms with E-state index >= 15 is 0 Å². The van der Waals surface area contributed by atoms with Crippen LogP contribution in [0.1, 0.15) is 60.9 Å². The monoisotopic (exact) mass is 503 g/mol. The molecule has 3 aromatic rings. The molecular weight excluding hydrogens is 466 g/mol. The first-order valence-corrected chi connectivity index (χ1v) is 13.5. The van der Waals surface area contributed by atoms with Gasteiger partial charge in [0.15, 0.2) is 0 Å². The number of unbranched alkanes of at least 4 members (excludes halogenated alkanes) is 1. The Hall–Kier alpha value is -2.76. The average molecular weight is 504 g/mol. The van der Waals surface area contributed by atoms with Gasteiger partial charge in [-0.1, -0.05) is 56.3 Å². The summed E-state index contributed by atoms with van der Waals surface area (Å²) in [6, 6.07) is 6.12. The van der Waals surface area contributed by atoms with E-state index in [0.717, 1.165) is 46.4 Å². The number of piperazine rings is 1. The van der Waals surface area contributed by atoms with E-state index in [9.17, 15) is 0 Å². The molecule has 0 bridgehead atoms. The van der Waals surface area contributed by atoms with Crippen LogP contribution in [0.15, 0.2) is 55.8 Å². The fraction of sp³-hybridized carbons (Fsp3) is 0.433. The first-order valence-electron chi connectivity index (χ1n) is 13.1. The van der Waals surface area contributed by atoms with E-state index in [1.165, 1.54) is 62.3 Å². The number of benzene rings is 1. The van der Waals surface area contributed by atoms with Gasteiger partial charge in [0.05, 0.1) is 10.5 Å². The largest absolute Gasteiger partial charge is 0.373 e. The molecule has 5 nitrogen and oxygen atoms in total. The van der Waals surface area contributed by atoms with E-state index in [1.807, 2.05) is 36.7 Å². The Morgan fingerprint density at radius 3 is 2.61 bits per heavy atom. The Morgan fingerprint density at radius 1 is 1.17 bits per heavy atom. The quantitative estimate of drug-likeness (QED) is 0.382. The SMILES string of the molecule is C=C(CCCC)N1CCN(C)CC1.C=Cc1ccc2c(Cl)c3c(nc2c1)CC(c1cncnc1)CC3. The Labute approximate surface area is 220 Å². The lowest BCUT2D eigenvalue weighted by Crippen LogP contribution is -2.43. The lowest BCUT2D eigenvalue weighted by molar-refractivity contribution is 0.182. The van der Waals surface area contributed by atoms with Crippen LogP contribution in [-0.2, 0) is 12.8 Å². The lowest BCUT2D eigenvalue weighted by Gasteiger charge is -2.35. The Kier molecular flexibility index (Phi) is 9.11. The van der Waals surface area contributed by atoms with Crippen LogP contribution >= 0.6 is 11.6 Å². The molecule has 1 unspecified atom stereocenters. The van der Waals surface area contributed by atoms with Gasteiger partial charge in [-0.3, -0.25) is 4.98 Å².